The summed E-state index contributed by atoms with van der Waals surface area (Å²) in [6, 6.07) is 12.9. The third-order valence-electron chi connectivity index (χ3n) is 4.53. The summed E-state index contributed by atoms with van der Waals surface area (Å²) >= 11 is 7.88. The quantitative estimate of drug-likeness (QED) is 0.746. The standard InChI is InChI=1S/C20H20ClFN2O2S/c1-13-18(25)24(20(27-13)16-5-3-4-6-17(16)21)12-11-23(2)19(26)14-7-9-15(22)10-8-14/h3-10,13,20H,11-12H2,1-2H3/t13-,20+/m1/s1. The average Bonchev–Trinajstić information content (AvgIpc) is 2.94. The molecule has 142 valence electrons. The van der Waals surface area contributed by atoms with Crippen molar-refractivity contribution in [1.29, 1.82) is 0 Å². The predicted molar refractivity (Wildman–Crippen MR) is 106 cm³/mol. The Balaban J connectivity index is 1.71. The maximum absolute atomic E-state index is 13.0. The van der Waals surface area contributed by atoms with Crippen LogP contribution in [0.3, 0.4) is 0 Å². The van der Waals surface area contributed by atoms with Crippen LogP contribution in [0.2, 0.25) is 5.02 Å². The first-order chi connectivity index (χ1) is 12.9. The van der Waals surface area contributed by atoms with E-state index in [4.69, 9.17) is 11.6 Å². The Morgan fingerprint density at radius 3 is 2.56 bits per heavy atom. The highest BCUT2D eigenvalue weighted by molar-refractivity contribution is 8.01. The molecule has 1 saturated heterocycles. The van der Waals surface area contributed by atoms with E-state index in [0.29, 0.717) is 23.7 Å². The Kier molecular flexibility index (Phi) is 6.07. The zero-order valence-corrected chi connectivity index (χ0v) is 16.6. The molecule has 1 aliphatic heterocycles. The molecule has 0 saturated carbocycles. The Morgan fingerprint density at radius 2 is 1.89 bits per heavy atom. The van der Waals surface area contributed by atoms with Gasteiger partial charge in [-0.3, -0.25) is 9.59 Å². The van der Waals surface area contributed by atoms with Crippen molar-refractivity contribution in [1.82, 2.24) is 9.80 Å². The topological polar surface area (TPSA) is 40.6 Å². The Hall–Kier alpha value is -2.05. The van der Waals surface area contributed by atoms with Gasteiger partial charge >= 0.3 is 0 Å². The smallest absolute Gasteiger partial charge is 0.253 e. The van der Waals surface area contributed by atoms with E-state index in [1.165, 1.54) is 29.2 Å². The summed E-state index contributed by atoms with van der Waals surface area (Å²) < 4.78 is 13.0. The van der Waals surface area contributed by atoms with Crippen LogP contribution in [0, 0.1) is 5.82 Å². The number of carbonyl (C=O) groups excluding carboxylic acids is 2. The highest BCUT2D eigenvalue weighted by atomic mass is 35.5. The van der Waals surface area contributed by atoms with Crippen molar-refractivity contribution >= 4 is 35.2 Å². The fourth-order valence-corrected chi connectivity index (χ4v) is 4.64. The summed E-state index contributed by atoms with van der Waals surface area (Å²) in [7, 11) is 1.67. The van der Waals surface area contributed by atoms with Gasteiger partial charge in [-0.2, -0.15) is 0 Å². The van der Waals surface area contributed by atoms with Crippen molar-refractivity contribution in [2.45, 2.75) is 17.5 Å². The number of amides is 2. The van der Waals surface area contributed by atoms with Crippen molar-refractivity contribution in [2.24, 2.45) is 0 Å². The van der Waals surface area contributed by atoms with Crippen LogP contribution in [0.5, 0.6) is 0 Å². The first-order valence-electron chi connectivity index (χ1n) is 8.60. The summed E-state index contributed by atoms with van der Waals surface area (Å²) in [5, 5.41) is 0.289. The van der Waals surface area contributed by atoms with Crippen molar-refractivity contribution in [3.8, 4) is 0 Å². The number of carbonyl (C=O) groups is 2. The molecule has 2 atom stereocenters. The molecule has 0 spiro atoms. The summed E-state index contributed by atoms with van der Waals surface area (Å²) in [4.78, 5) is 28.4. The first-order valence-corrected chi connectivity index (χ1v) is 9.92. The van der Waals surface area contributed by atoms with E-state index in [1.54, 1.807) is 23.7 Å². The second-order valence-corrected chi connectivity index (χ2v) is 8.25. The lowest BCUT2D eigenvalue weighted by Gasteiger charge is -2.27. The number of hydrogen-bond acceptors (Lipinski definition) is 3. The molecule has 0 unspecified atom stereocenters. The Bertz CT molecular complexity index is 846. The molecule has 0 radical (unpaired) electrons. The minimum absolute atomic E-state index is 0.0348. The molecule has 1 fully saturated rings. The van der Waals surface area contributed by atoms with E-state index in [-0.39, 0.29) is 28.3 Å². The van der Waals surface area contributed by atoms with E-state index in [9.17, 15) is 14.0 Å². The first kappa shape index (κ1) is 19.7. The van der Waals surface area contributed by atoms with Gasteiger partial charge in [-0.15, -0.1) is 11.8 Å². The second-order valence-electron chi connectivity index (χ2n) is 6.42. The van der Waals surface area contributed by atoms with Gasteiger partial charge in [0.05, 0.1) is 5.25 Å². The molecule has 0 aliphatic carbocycles. The summed E-state index contributed by atoms with van der Waals surface area (Å²) in [5.41, 5.74) is 1.31. The van der Waals surface area contributed by atoms with Crippen LogP contribution in [-0.2, 0) is 4.79 Å². The maximum atomic E-state index is 13.0. The van der Waals surface area contributed by atoms with Gasteiger partial charge in [0.15, 0.2) is 0 Å². The monoisotopic (exact) mass is 406 g/mol. The van der Waals surface area contributed by atoms with Crippen LogP contribution in [0.1, 0.15) is 28.2 Å². The molecule has 2 aromatic rings. The lowest BCUT2D eigenvalue weighted by molar-refractivity contribution is -0.129. The van der Waals surface area contributed by atoms with Crippen LogP contribution < -0.4 is 0 Å². The van der Waals surface area contributed by atoms with E-state index in [2.05, 4.69) is 0 Å². The van der Waals surface area contributed by atoms with Crippen LogP contribution in [0.25, 0.3) is 0 Å². The predicted octanol–water partition coefficient (Wildman–Crippen LogP) is 4.21. The zero-order valence-electron chi connectivity index (χ0n) is 15.1. The van der Waals surface area contributed by atoms with E-state index in [0.717, 1.165) is 5.56 Å². The van der Waals surface area contributed by atoms with Crippen molar-refractivity contribution in [2.75, 3.05) is 20.1 Å². The van der Waals surface area contributed by atoms with Gasteiger partial charge in [0.1, 0.15) is 11.2 Å². The number of rotatable bonds is 5. The minimum Gasteiger partial charge on any atom is -0.340 e. The number of benzene rings is 2. The summed E-state index contributed by atoms with van der Waals surface area (Å²) in [5.74, 6) is -0.561. The van der Waals surface area contributed by atoms with Crippen LogP contribution in [0.4, 0.5) is 4.39 Å². The molecule has 4 nitrogen and oxygen atoms in total. The lowest BCUT2D eigenvalue weighted by Crippen LogP contribution is -2.39. The lowest BCUT2D eigenvalue weighted by atomic mass is 10.2. The molecule has 2 aromatic carbocycles. The molecular weight excluding hydrogens is 387 g/mol. The third-order valence-corrected chi connectivity index (χ3v) is 6.25. The average molecular weight is 407 g/mol. The van der Waals surface area contributed by atoms with E-state index < -0.39 is 0 Å². The van der Waals surface area contributed by atoms with E-state index >= 15 is 0 Å². The number of likely N-dealkylation sites (N-methyl/N-ethyl adjacent to an activating group) is 1. The highest BCUT2D eigenvalue weighted by Crippen LogP contribution is 2.44. The molecule has 7 heteroatoms. The van der Waals surface area contributed by atoms with Crippen molar-refractivity contribution in [3.63, 3.8) is 0 Å². The molecular formula is C20H20ClFN2O2S. The SMILES string of the molecule is C[C@H]1S[C@@H](c2ccccc2Cl)N(CCN(C)C(=O)c2ccc(F)cc2)C1=O. The van der Waals surface area contributed by atoms with Crippen LogP contribution in [-0.4, -0.2) is 47.0 Å². The van der Waals surface area contributed by atoms with Gasteiger partial charge in [-0.25, -0.2) is 4.39 Å². The molecule has 0 N–H and O–H groups in total. The zero-order chi connectivity index (χ0) is 19.6. The van der Waals surface area contributed by atoms with Crippen LogP contribution in [0.15, 0.2) is 48.5 Å². The minimum atomic E-state index is -0.384. The Morgan fingerprint density at radius 1 is 1.22 bits per heavy atom. The van der Waals surface area contributed by atoms with Gasteiger partial charge in [0.25, 0.3) is 5.91 Å². The highest BCUT2D eigenvalue weighted by Gasteiger charge is 2.39. The van der Waals surface area contributed by atoms with Crippen LogP contribution >= 0.6 is 23.4 Å². The maximum Gasteiger partial charge on any atom is 0.253 e. The Labute approximate surface area is 167 Å². The second kappa shape index (κ2) is 8.31. The molecule has 0 aromatic heterocycles. The summed E-state index contributed by atoms with van der Waals surface area (Å²) in [6.07, 6.45) is 0. The molecule has 1 heterocycles. The fraction of sp³-hybridized carbons (Fsp3) is 0.300. The number of hydrogen-bond donors (Lipinski definition) is 0. The molecule has 27 heavy (non-hydrogen) atoms. The number of halogens is 2. The normalized spacial score (nSPS) is 19.4. The fourth-order valence-electron chi connectivity index (χ4n) is 2.99. The van der Waals surface area contributed by atoms with Gasteiger partial charge in [0.2, 0.25) is 5.91 Å². The third kappa shape index (κ3) is 4.28. The summed E-state index contributed by atoms with van der Waals surface area (Å²) in [6.45, 7) is 2.65. The van der Waals surface area contributed by atoms with Crippen molar-refractivity contribution in [3.05, 3.63) is 70.5 Å². The molecule has 1 aliphatic rings. The van der Waals surface area contributed by atoms with Gasteiger partial charge < -0.3 is 9.80 Å². The number of nitrogens with zero attached hydrogens (tertiary/aromatic N) is 2. The van der Waals surface area contributed by atoms with E-state index in [1.807, 2.05) is 31.2 Å². The molecule has 2 amide bonds. The molecule has 0 bridgehead atoms. The molecule has 3 rings (SSSR count). The number of thioether (sulfide) groups is 1. The van der Waals surface area contributed by atoms with Crippen molar-refractivity contribution < 1.29 is 14.0 Å². The van der Waals surface area contributed by atoms with Gasteiger partial charge in [0, 0.05) is 36.3 Å². The van der Waals surface area contributed by atoms with Gasteiger partial charge in [-0.05, 0) is 37.3 Å². The largest absolute Gasteiger partial charge is 0.340 e. The van der Waals surface area contributed by atoms with Gasteiger partial charge in [-0.1, -0.05) is 29.8 Å².